The summed E-state index contributed by atoms with van der Waals surface area (Å²) in [6.07, 6.45) is -4.95. The van der Waals surface area contributed by atoms with Crippen LogP contribution in [0.2, 0.25) is 0 Å². The van der Waals surface area contributed by atoms with Crippen LogP contribution in [0.15, 0.2) is 18.2 Å². The Morgan fingerprint density at radius 3 is 2.29 bits per heavy atom. The van der Waals surface area contributed by atoms with Crippen LogP contribution in [0, 0.1) is 5.41 Å². The highest BCUT2D eigenvalue weighted by Crippen LogP contribution is 2.33. The molecule has 4 rings (SSSR count). The lowest BCUT2D eigenvalue weighted by Gasteiger charge is -2.50. The van der Waals surface area contributed by atoms with Gasteiger partial charge in [-0.2, -0.15) is 13.2 Å². The lowest BCUT2D eigenvalue weighted by molar-refractivity contribution is -0.192. The second-order valence-corrected chi connectivity index (χ2v) is 9.66. The number of carboxylic acid groups (broad SMARTS) is 2. The molecule has 3 aliphatic heterocycles. The monoisotopic (exact) mass is 601 g/mol. The molecule has 6 N–H and O–H groups in total. The summed E-state index contributed by atoms with van der Waals surface area (Å²) in [5.41, 5.74) is 5.15. The third kappa shape index (κ3) is 6.41. The van der Waals surface area contributed by atoms with Gasteiger partial charge in [0, 0.05) is 39.3 Å². The molecule has 0 aromatic heterocycles. The van der Waals surface area contributed by atoms with Crippen molar-refractivity contribution in [3.05, 3.63) is 29.3 Å². The molecular weight excluding hydrogens is 574 g/mol. The van der Waals surface area contributed by atoms with Crippen molar-refractivity contribution >= 4 is 42.8 Å². The first-order valence-electron chi connectivity index (χ1n) is 12.5. The van der Waals surface area contributed by atoms with E-state index in [2.05, 4.69) is 5.32 Å². The van der Waals surface area contributed by atoms with Crippen LogP contribution in [0.3, 0.4) is 0 Å². The van der Waals surface area contributed by atoms with Crippen LogP contribution in [0.5, 0.6) is 5.75 Å². The van der Waals surface area contributed by atoms with Crippen molar-refractivity contribution in [3.63, 3.8) is 0 Å². The number of halogens is 3. The van der Waals surface area contributed by atoms with Gasteiger partial charge in [-0.05, 0) is 25.0 Å². The number of amides is 5. The minimum absolute atomic E-state index is 0.0503. The molecule has 0 saturated carbocycles. The zero-order valence-electron chi connectivity index (χ0n) is 22.1. The number of likely N-dealkylation sites (tertiary alicyclic amines) is 1. The number of hydrogen-bond donors (Lipinski definition) is 5. The molecule has 1 aromatic carbocycles. The molecule has 0 aliphatic carbocycles. The van der Waals surface area contributed by atoms with Crippen molar-refractivity contribution in [2.24, 2.45) is 11.1 Å². The lowest BCUT2D eigenvalue weighted by atomic mass is 9.70. The van der Waals surface area contributed by atoms with E-state index in [1.54, 1.807) is 19.1 Å². The molecule has 0 radical (unpaired) electrons. The molecule has 19 heteroatoms. The van der Waals surface area contributed by atoms with Crippen LogP contribution in [-0.4, -0.2) is 124 Å². The Balaban J connectivity index is 0.000000616. The number of piperazine rings is 1. The van der Waals surface area contributed by atoms with Gasteiger partial charge in [0.1, 0.15) is 5.75 Å². The number of imide groups is 1. The minimum atomic E-state index is -5.08. The van der Waals surface area contributed by atoms with Gasteiger partial charge in [-0.25, -0.2) is 14.4 Å². The number of rotatable bonds is 5. The molecule has 15 nitrogen and oxygen atoms in total. The van der Waals surface area contributed by atoms with Crippen molar-refractivity contribution in [1.29, 1.82) is 0 Å². The molecule has 0 spiro atoms. The van der Waals surface area contributed by atoms with Gasteiger partial charge in [-0.1, -0.05) is 12.1 Å². The van der Waals surface area contributed by atoms with Crippen molar-refractivity contribution in [1.82, 2.24) is 20.0 Å². The first-order chi connectivity index (χ1) is 19.6. The van der Waals surface area contributed by atoms with E-state index in [1.807, 2.05) is 0 Å². The van der Waals surface area contributed by atoms with Crippen molar-refractivity contribution < 1.29 is 61.8 Å². The smallest absolute Gasteiger partial charge is 0.534 e. The van der Waals surface area contributed by atoms with E-state index >= 15 is 0 Å². The molecule has 5 amide bonds. The SMILES string of the molecule is CCN1CCN(C(=O)N2CC(CN)(C(=O)N[C@H]3Cc4cccc(C(=O)O)c4OB3O)C2)C(=O)C1=O.O=C(O)C(F)(F)F. The third-order valence-electron chi connectivity index (χ3n) is 6.96. The molecule has 1 atom stereocenters. The van der Waals surface area contributed by atoms with Gasteiger partial charge in [-0.15, -0.1) is 0 Å². The van der Waals surface area contributed by atoms with Crippen LogP contribution in [0.25, 0.3) is 0 Å². The minimum Gasteiger partial charge on any atom is -0.534 e. The summed E-state index contributed by atoms with van der Waals surface area (Å²) in [5, 5.41) is 29.5. The Bertz CT molecular complexity index is 1290. The molecule has 1 aromatic rings. The Hall–Kier alpha value is -4.39. The normalized spacial score (nSPS) is 19.5. The number of carbonyl (C=O) groups is 6. The number of carboxylic acids is 2. The number of likely N-dealkylation sites (N-methyl/N-ethyl adjacent to an activating group) is 1. The number of alkyl halides is 3. The van der Waals surface area contributed by atoms with Crippen LogP contribution in [0.1, 0.15) is 22.8 Å². The number of nitrogens with zero attached hydrogens (tertiary/aromatic N) is 3. The number of aromatic carboxylic acids is 1. The molecule has 2 saturated heterocycles. The number of aliphatic carboxylic acids is 1. The average Bonchev–Trinajstić information content (AvgIpc) is 2.89. The molecule has 0 bridgehead atoms. The van der Waals surface area contributed by atoms with E-state index < -0.39 is 60.3 Å². The fourth-order valence-electron chi connectivity index (χ4n) is 4.55. The Morgan fingerprint density at radius 1 is 1.14 bits per heavy atom. The number of nitrogens with one attached hydrogen (secondary N) is 1. The quantitative estimate of drug-likeness (QED) is 0.194. The number of urea groups is 1. The maximum absolute atomic E-state index is 13.1. The zero-order valence-corrected chi connectivity index (χ0v) is 22.1. The van der Waals surface area contributed by atoms with E-state index in [9.17, 15) is 47.3 Å². The summed E-state index contributed by atoms with van der Waals surface area (Å²) in [6, 6.07) is 3.89. The summed E-state index contributed by atoms with van der Waals surface area (Å²) in [5.74, 6) is -6.93. The predicted octanol–water partition coefficient (Wildman–Crippen LogP) is -1.47. The Kier molecular flexibility index (Phi) is 9.36. The largest absolute Gasteiger partial charge is 0.547 e. The van der Waals surface area contributed by atoms with Gasteiger partial charge < -0.3 is 40.7 Å². The first kappa shape index (κ1) is 32.1. The summed E-state index contributed by atoms with van der Waals surface area (Å²) < 4.78 is 37.1. The van der Waals surface area contributed by atoms with E-state index in [4.69, 9.17) is 20.3 Å². The summed E-state index contributed by atoms with van der Waals surface area (Å²) in [6.45, 7) is 2.20. The predicted molar refractivity (Wildman–Crippen MR) is 134 cm³/mol. The number of hydrogen-bond acceptors (Lipinski definition) is 9. The topological polar surface area (TPSA) is 220 Å². The Morgan fingerprint density at radius 2 is 1.76 bits per heavy atom. The van der Waals surface area contributed by atoms with Crippen molar-refractivity contribution in [2.45, 2.75) is 25.5 Å². The fourth-order valence-corrected chi connectivity index (χ4v) is 4.55. The average molecular weight is 601 g/mol. The van der Waals surface area contributed by atoms with Crippen molar-refractivity contribution in [3.8, 4) is 5.75 Å². The van der Waals surface area contributed by atoms with Gasteiger partial charge in [-0.3, -0.25) is 19.3 Å². The second kappa shape index (κ2) is 12.2. The molecular formula is C23H27BF3N5O10. The number of para-hydroxylation sites is 1. The van der Waals surface area contributed by atoms with Crippen LogP contribution < -0.4 is 15.7 Å². The summed E-state index contributed by atoms with van der Waals surface area (Å²) in [4.78, 5) is 74.1. The Labute approximate surface area is 236 Å². The number of fused-ring (bicyclic) bond motifs is 1. The highest BCUT2D eigenvalue weighted by atomic mass is 19.4. The van der Waals surface area contributed by atoms with E-state index in [1.165, 1.54) is 15.9 Å². The standard InChI is InChI=1S/C21H26BN5O8.C2HF3O2/c1-2-25-6-7-27(17(29)16(25)28)20(33)26-10-21(9-23,11-26)19(32)24-14-8-12-4-3-5-13(18(30)31)15(12)35-22(14)34;3-2(4,5)1(6)7/h3-5,14,34H,2,6-11,23H2,1H3,(H,24,32)(H,30,31);(H,6,7)/t14-;/m0./s1. The molecule has 42 heavy (non-hydrogen) atoms. The van der Waals surface area contributed by atoms with Gasteiger partial charge in [0.2, 0.25) is 5.91 Å². The van der Waals surface area contributed by atoms with E-state index in [-0.39, 0.29) is 50.5 Å². The van der Waals surface area contributed by atoms with E-state index in [0.717, 1.165) is 4.90 Å². The van der Waals surface area contributed by atoms with E-state index in [0.29, 0.717) is 12.1 Å². The molecule has 228 valence electrons. The molecule has 3 heterocycles. The number of carbonyl (C=O) groups excluding carboxylic acids is 4. The lowest BCUT2D eigenvalue weighted by Crippen LogP contribution is -2.71. The number of nitrogens with two attached hydrogens (primary N) is 1. The van der Waals surface area contributed by atoms with Gasteiger partial charge in [0.25, 0.3) is 0 Å². The molecule has 0 unspecified atom stereocenters. The van der Waals surface area contributed by atoms with Crippen LogP contribution in [-0.2, 0) is 25.6 Å². The fraction of sp³-hybridized carbons (Fsp3) is 0.478. The molecule has 3 aliphatic rings. The van der Waals surface area contributed by atoms with Gasteiger partial charge in [0.15, 0.2) is 0 Å². The summed E-state index contributed by atoms with van der Waals surface area (Å²) in [7, 11) is -1.49. The summed E-state index contributed by atoms with van der Waals surface area (Å²) >= 11 is 0. The van der Waals surface area contributed by atoms with Gasteiger partial charge >= 0.3 is 43.1 Å². The third-order valence-corrected chi connectivity index (χ3v) is 6.96. The highest BCUT2D eigenvalue weighted by molar-refractivity contribution is 6.47. The maximum atomic E-state index is 13.1. The maximum Gasteiger partial charge on any atom is 0.547 e. The zero-order chi connectivity index (χ0) is 31.6. The van der Waals surface area contributed by atoms with Crippen molar-refractivity contribution in [2.75, 3.05) is 39.3 Å². The van der Waals surface area contributed by atoms with Crippen LogP contribution in [0.4, 0.5) is 18.0 Å². The molecule has 2 fully saturated rings. The second-order valence-electron chi connectivity index (χ2n) is 9.66. The van der Waals surface area contributed by atoms with Crippen LogP contribution >= 0.6 is 0 Å². The van der Waals surface area contributed by atoms with Gasteiger partial charge in [0.05, 0.1) is 16.9 Å². The highest BCUT2D eigenvalue weighted by Gasteiger charge is 2.53. The first-order valence-corrected chi connectivity index (χ1v) is 12.5. The number of benzene rings is 1.